The number of carbonyl (C=O) groups is 1. The van der Waals surface area contributed by atoms with Crippen LogP contribution in [0.5, 0.6) is 0 Å². The van der Waals surface area contributed by atoms with Gasteiger partial charge in [0, 0.05) is 12.6 Å². The molecule has 1 heterocycles. The number of carbonyl (C=O) groups excluding carboxylic acids is 1. The van der Waals surface area contributed by atoms with Crippen molar-refractivity contribution in [1.29, 1.82) is 0 Å². The molecule has 26 heavy (non-hydrogen) atoms. The van der Waals surface area contributed by atoms with Gasteiger partial charge in [-0.2, -0.15) is 18.2 Å². The summed E-state index contributed by atoms with van der Waals surface area (Å²) in [7, 11) is 1.30. The number of nitrogens with one attached hydrogen (secondary N) is 1. The van der Waals surface area contributed by atoms with E-state index in [0.717, 1.165) is 18.9 Å². The van der Waals surface area contributed by atoms with Crippen molar-refractivity contribution >= 4 is 6.03 Å². The average molecular weight is 374 g/mol. The molecule has 7 nitrogen and oxygen atoms in total. The molecular weight excluding hydrogens is 360 g/mol. The zero-order chi connectivity index (χ0) is 18.9. The Morgan fingerprint density at radius 1 is 1.42 bits per heavy atom. The highest BCUT2D eigenvalue weighted by molar-refractivity contribution is 5.73. The molecule has 0 aliphatic heterocycles. The van der Waals surface area contributed by atoms with Crippen molar-refractivity contribution in [2.45, 2.75) is 31.6 Å². The van der Waals surface area contributed by atoms with E-state index in [4.69, 9.17) is 0 Å². The van der Waals surface area contributed by atoms with Crippen LogP contribution in [0, 0.1) is 5.82 Å². The predicted molar refractivity (Wildman–Crippen MR) is 78.8 cm³/mol. The van der Waals surface area contributed by atoms with E-state index in [1.807, 2.05) is 0 Å². The summed E-state index contributed by atoms with van der Waals surface area (Å²) >= 11 is 0. The first kappa shape index (κ1) is 18.1. The molecule has 0 saturated heterocycles. The number of aromatic nitrogens is 2. The molecule has 0 spiro atoms. The molecule has 0 unspecified atom stereocenters. The lowest BCUT2D eigenvalue weighted by atomic mass is 10.1. The largest absolute Gasteiger partial charge is 0.471 e. The van der Waals surface area contributed by atoms with Crippen molar-refractivity contribution < 1.29 is 31.7 Å². The van der Waals surface area contributed by atoms with Crippen LogP contribution in [-0.4, -0.2) is 34.2 Å². The van der Waals surface area contributed by atoms with Gasteiger partial charge in [-0.3, -0.25) is 4.84 Å². The molecule has 0 atom stereocenters. The van der Waals surface area contributed by atoms with Crippen molar-refractivity contribution in [3.63, 3.8) is 0 Å². The number of benzene rings is 1. The SMILES string of the molecule is CONC(=O)N(Cc1ccc(-c2noc(C(F)(F)F)n2)c(F)c1)C1CC1. The third-order valence-electron chi connectivity index (χ3n) is 3.73. The molecule has 1 aliphatic rings. The summed E-state index contributed by atoms with van der Waals surface area (Å²) in [6.45, 7) is 0.122. The first-order chi connectivity index (χ1) is 12.3. The second kappa shape index (κ2) is 6.90. The van der Waals surface area contributed by atoms with Crippen LogP contribution in [-0.2, 0) is 17.6 Å². The van der Waals surface area contributed by atoms with Crippen LogP contribution in [0.1, 0.15) is 24.3 Å². The van der Waals surface area contributed by atoms with Gasteiger partial charge in [0.25, 0.3) is 0 Å². The van der Waals surface area contributed by atoms with E-state index in [2.05, 4.69) is 25.0 Å². The maximum absolute atomic E-state index is 14.3. The lowest BCUT2D eigenvalue weighted by molar-refractivity contribution is -0.159. The Labute approximate surface area is 144 Å². The van der Waals surface area contributed by atoms with Crippen LogP contribution in [0.25, 0.3) is 11.4 Å². The van der Waals surface area contributed by atoms with E-state index < -0.39 is 29.7 Å². The van der Waals surface area contributed by atoms with E-state index in [9.17, 15) is 22.4 Å². The Bertz CT molecular complexity index is 804. The summed E-state index contributed by atoms with van der Waals surface area (Å²) in [6.07, 6.45) is -3.14. The van der Waals surface area contributed by atoms with Crippen LogP contribution in [0.2, 0.25) is 0 Å². The van der Waals surface area contributed by atoms with Gasteiger partial charge in [0.15, 0.2) is 0 Å². The fraction of sp³-hybridized carbons (Fsp3) is 0.400. The van der Waals surface area contributed by atoms with E-state index in [1.54, 1.807) is 0 Å². The zero-order valence-corrected chi connectivity index (χ0v) is 13.5. The molecule has 1 aromatic heterocycles. The number of hydrogen-bond acceptors (Lipinski definition) is 5. The summed E-state index contributed by atoms with van der Waals surface area (Å²) < 4.78 is 55.9. The van der Waals surface area contributed by atoms with Crippen LogP contribution in [0.4, 0.5) is 22.4 Å². The molecule has 1 aromatic carbocycles. The van der Waals surface area contributed by atoms with Crippen molar-refractivity contribution in [3.8, 4) is 11.4 Å². The zero-order valence-electron chi connectivity index (χ0n) is 13.5. The van der Waals surface area contributed by atoms with E-state index in [1.165, 1.54) is 24.1 Å². The number of nitrogens with zero attached hydrogens (tertiary/aromatic N) is 3. The molecule has 3 rings (SSSR count). The number of urea groups is 1. The highest BCUT2D eigenvalue weighted by Gasteiger charge is 2.39. The molecule has 0 bridgehead atoms. The molecule has 11 heteroatoms. The minimum atomic E-state index is -4.80. The van der Waals surface area contributed by atoms with Crippen LogP contribution in [0.15, 0.2) is 22.7 Å². The van der Waals surface area contributed by atoms with Crippen LogP contribution in [0.3, 0.4) is 0 Å². The van der Waals surface area contributed by atoms with Gasteiger partial charge in [0.1, 0.15) is 5.82 Å². The van der Waals surface area contributed by atoms with Crippen LogP contribution < -0.4 is 5.48 Å². The monoisotopic (exact) mass is 374 g/mol. The molecule has 2 amide bonds. The molecule has 1 N–H and O–H groups in total. The molecule has 2 aromatic rings. The predicted octanol–water partition coefficient (Wildman–Crippen LogP) is 3.13. The lowest BCUT2D eigenvalue weighted by Crippen LogP contribution is -2.40. The van der Waals surface area contributed by atoms with Gasteiger partial charge in [-0.15, -0.1) is 0 Å². The normalized spacial score (nSPS) is 14.3. The number of halogens is 4. The minimum absolute atomic E-state index is 0.0411. The molecule has 140 valence electrons. The number of hydroxylamine groups is 1. The van der Waals surface area contributed by atoms with Gasteiger partial charge < -0.3 is 9.42 Å². The Morgan fingerprint density at radius 3 is 2.69 bits per heavy atom. The molecule has 1 fully saturated rings. The molecule has 0 radical (unpaired) electrons. The Kier molecular flexibility index (Phi) is 4.81. The van der Waals surface area contributed by atoms with Gasteiger partial charge in [-0.25, -0.2) is 14.7 Å². The van der Waals surface area contributed by atoms with Gasteiger partial charge in [-0.1, -0.05) is 11.2 Å². The number of alkyl halides is 3. The third kappa shape index (κ3) is 3.93. The van der Waals surface area contributed by atoms with Crippen LogP contribution >= 0.6 is 0 Å². The summed E-state index contributed by atoms with van der Waals surface area (Å²) in [5.74, 6) is -2.87. The smallest absolute Gasteiger partial charge is 0.329 e. The quantitative estimate of drug-likeness (QED) is 0.643. The highest BCUT2D eigenvalue weighted by Crippen LogP contribution is 2.31. The second-order valence-electron chi connectivity index (χ2n) is 5.71. The maximum atomic E-state index is 14.3. The Balaban J connectivity index is 1.79. The van der Waals surface area contributed by atoms with Crippen molar-refractivity contribution in [2.75, 3.05) is 7.11 Å². The molecule has 1 saturated carbocycles. The van der Waals surface area contributed by atoms with Gasteiger partial charge in [-0.05, 0) is 30.5 Å². The maximum Gasteiger partial charge on any atom is 0.471 e. The highest BCUT2D eigenvalue weighted by atomic mass is 19.4. The van der Waals surface area contributed by atoms with Gasteiger partial charge in [0.2, 0.25) is 5.82 Å². The summed E-state index contributed by atoms with van der Waals surface area (Å²) in [5, 5.41) is 3.16. The topological polar surface area (TPSA) is 80.5 Å². The van der Waals surface area contributed by atoms with E-state index in [0.29, 0.717) is 5.56 Å². The number of amides is 2. The number of hydrogen-bond donors (Lipinski definition) is 1. The first-order valence-corrected chi connectivity index (χ1v) is 7.59. The summed E-state index contributed by atoms with van der Waals surface area (Å²) in [4.78, 5) is 21.2. The van der Waals surface area contributed by atoms with Gasteiger partial charge >= 0.3 is 18.1 Å². The summed E-state index contributed by atoms with van der Waals surface area (Å²) in [6, 6.07) is 3.44. The van der Waals surface area contributed by atoms with Crippen molar-refractivity contribution in [3.05, 3.63) is 35.5 Å². The first-order valence-electron chi connectivity index (χ1n) is 7.59. The molecule has 1 aliphatic carbocycles. The van der Waals surface area contributed by atoms with Crippen molar-refractivity contribution in [1.82, 2.24) is 20.5 Å². The van der Waals surface area contributed by atoms with Gasteiger partial charge in [0.05, 0.1) is 12.7 Å². The third-order valence-corrected chi connectivity index (χ3v) is 3.73. The number of rotatable bonds is 5. The standard InChI is InChI=1S/C15H14F4N4O3/c1-25-22-14(24)23(9-3-4-9)7-8-2-5-10(11(16)6-8)12-20-13(26-21-12)15(17,18)19/h2,5-6,9H,3-4,7H2,1H3,(H,22,24). The Hall–Kier alpha value is -2.69. The minimum Gasteiger partial charge on any atom is -0.329 e. The average Bonchev–Trinajstić information content (AvgIpc) is 3.27. The summed E-state index contributed by atoms with van der Waals surface area (Å²) in [5.41, 5.74) is 2.44. The fourth-order valence-corrected chi connectivity index (χ4v) is 2.38. The van der Waals surface area contributed by atoms with E-state index >= 15 is 0 Å². The van der Waals surface area contributed by atoms with E-state index in [-0.39, 0.29) is 18.2 Å². The fourth-order valence-electron chi connectivity index (χ4n) is 2.38. The van der Waals surface area contributed by atoms with Crippen molar-refractivity contribution in [2.24, 2.45) is 0 Å². The molecular formula is C15H14F4N4O3. The Morgan fingerprint density at radius 2 is 2.15 bits per heavy atom. The lowest BCUT2D eigenvalue weighted by Gasteiger charge is -2.22. The second-order valence-corrected chi connectivity index (χ2v) is 5.71.